The third-order valence-electron chi connectivity index (χ3n) is 17.8. The van der Waals surface area contributed by atoms with Crippen molar-refractivity contribution in [3.8, 4) is 89.0 Å². The third-order valence-corrected chi connectivity index (χ3v) is 17.8. The zero-order chi connectivity index (χ0) is 56.0. The molecule has 0 bridgehead atoms. The number of rotatable bonds is 8. The van der Waals surface area contributed by atoms with Crippen LogP contribution in [0.1, 0.15) is 0 Å². The highest BCUT2D eigenvalue weighted by molar-refractivity contribution is 6.26. The lowest BCUT2D eigenvalue weighted by molar-refractivity contribution is 0.671. The van der Waals surface area contributed by atoms with Crippen LogP contribution in [-0.2, 0) is 0 Å². The molecule has 0 N–H and O–H groups in total. The first-order chi connectivity index (χ1) is 42.2. The van der Waals surface area contributed by atoms with Crippen molar-refractivity contribution in [3.63, 3.8) is 0 Å². The van der Waals surface area contributed by atoms with E-state index in [-0.39, 0.29) is 0 Å². The monoisotopic (exact) mass is 1080 g/mol. The van der Waals surface area contributed by atoms with E-state index < -0.39 is 0 Å². The summed E-state index contributed by atoms with van der Waals surface area (Å²) in [6.45, 7) is 0. The predicted molar refractivity (Wildman–Crippen MR) is 362 cm³/mol. The third kappa shape index (κ3) is 7.86. The fraction of sp³-hybridized carbons (Fsp3) is 0. The summed E-state index contributed by atoms with van der Waals surface area (Å²) in [7, 11) is 0. The Labute approximate surface area is 492 Å². The summed E-state index contributed by atoms with van der Waals surface area (Å²) in [5, 5.41) is 16.8. The molecule has 394 valence electrons. The number of furan rings is 1. The Morgan fingerprint density at radius 2 is 0.506 bits per heavy atom. The molecule has 0 atom stereocenters. The fourth-order valence-electron chi connectivity index (χ4n) is 14.1. The molecule has 0 aliphatic rings. The Morgan fingerprint density at radius 1 is 0.165 bits per heavy atom. The van der Waals surface area contributed by atoms with Crippen LogP contribution in [-0.4, -0.2) is 0 Å². The minimum absolute atomic E-state index is 0.897. The largest absolute Gasteiger partial charge is 0.455 e. The minimum atomic E-state index is 0.897. The van der Waals surface area contributed by atoms with Gasteiger partial charge in [0, 0.05) is 27.5 Å². The molecule has 1 heteroatoms. The van der Waals surface area contributed by atoms with Gasteiger partial charge in [-0.1, -0.05) is 297 Å². The van der Waals surface area contributed by atoms with Crippen molar-refractivity contribution < 1.29 is 4.42 Å². The quantitative estimate of drug-likeness (QED) is 0.138. The summed E-state index contributed by atoms with van der Waals surface area (Å²) < 4.78 is 7.19. The molecule has 17 rings (SSSR count). The summed E-state index contributed by atoms with van der Waals surface area (Å²) >= 11 is 0. The second kappa shape index (κ2) is 19.8. The Balaban J connectivity index is 0.807. The molecule has 16 aromatic carbocycles. The molecule has 0 aliphatic heterocycles. The Bertz CT molecular complexity index is 5430. The van der Waals surface area contributed by atoms with Gasteiger partial charge in [0.1, 0.15) is 11.2 Å². The van der Waals surface area contributed by atoms with Crippen LogP contribution in [0.25, 0.3) is 176 Å². The Kier molecular flexibility index (Phi) is 11.3. The van der Waals surface area contributed by atoms with Gasteiger partial charge in [0.2, 0.25) is 0 Å². The average molecular weight is 1080 g/mol. The molecule has 0 radical (unpaired) electrons. The lowest BCUT2D eigenvalue weighted by Crippen LogP contribution is -1.93. The molecule has 85 heavy (non-hydrogen) atoms. The first-order valence-corrected chi connectivity index (χ1v) is 29.4. The van der Waals surface area contributed by atoms with Gasteiger partial charge in [0.25, 0.3) is 0 Å². The Hall–Kier alpha value is -11.1. The molecule has 1 aromatic heterocycles. The van der Waals surface area contributed by atoms with E-state index >= 15 is 0 Å². The van der Waals surface area contributed by atoms with E-state index in [1.807, 2.05) is 0 Å². The van der Waals surface area contributed by atoms with Crippen LogP contribution in [0.2, 0.25) is 0 Å². The number of para-hydroxylation sites is 2. The van der Waals surface area contributed by atoms with Gasteiger partial charge in [0.05, 0.1) is 0 Å². The lowest BCUT2D eigenvalue weighted by Gasteiger charge is -2.20. The lowest BCUT2D eigenvalue weighted by atomic mass is 9.83. The van der Waals surface area contributed by atoms with Crippen LogP contribution in [0.15, 0.2) is 320 Å². The number of fused-ring (bicyclic) bond motifs is 9. The van der Waals surface area contributed by atoms with E-state index in [1.54, 1.807) is 0 Å². The van der Waals surface area contributed by atoms with Crippen molar-refractivity contribution in [1.29, 1.82) is 0 Å². The summed E-state index contributed by atoms with van der Waals surface area (Å²) in [5.41, 5.74) is 20.8. The summed E-state index contributed by atoms with van der Waals surface area (Å²) in [6, 6.07) is 116. The second-order valence-electron chi connectivity index (χ2n) is 22.5. The first kappa shape index (κ1) is 48.6. The molecule has 0 saturated carbocycles. The van der Waals surface area contributed by atoms with E-state index in [1.165, 1.54) is 137 Å². The molecule has 1 nitrogen and oxygen atoms in total. The van der Waals surface area contributed by atoms with Gasteiger partial charge >= 0.3 is 0 Å². The molecule has 0 saturated heterocycles. The minimum Gasteiger partial charge on any atom is -0.455 e. The predicted octanol–water partition coefficient (Wildman–Crippen LogP) is 23.8. The maximum atomic E-state index is 7.19. The van der Waals surface area contributed by atoms with Gasteiger partial charge in [-0.05, 0) is 155 Å². The number of hydrogen-bond donors (Lipinski definition) is 0. The second-order valence-corrected chi connectivity index (χ2v) is 22.5. The van der Waals surface area contributed by atoms with E-state index in [0.29, 0.717) is 0 Å². The zero-order valence-electron chi connectivity index (χ0n) is 46.4. The van der Waals surface area contributed by atoms with Crippen LogP contribution < -0.4 is 0 Å². The van der Waals surface area contributed by atoms with Gasteiger partial charge in [-0.2, -0.15) is 0 Å². The summed E-state index contributed by atoms with van der Waals surface area (Å²) in [5.74, 6) is 0. The van der Waals surface area contributed by atoms with E-state index in [2.05, 4.69) is 315 Å². The maximum absolute atomic E-state index is 7.19. The van der Waals surface area contributed by atoms with Crippen LogP contribution >= 0.6 is 0 Å². The van der Waals surface area contributed by atoms with Crippen molar-refractivity contribution in [2.24, 2.45) is 0 Å². The Morgan fingerprint density at radius 3 is 1.06 bits per heavy atom. The topological polar surface area (TPSA) is 13.1 Å². The van der Waals surface area contributed by atoms with Gasteiger partial charge < -0.3 is 4.42 Å². The van der Waals surface area contributed by atoms with Crippen LogP contribution in [0, 0.1) is 0 Å². The molecule has 0 aliphatic carbocycles. The normalized spacial score (nSPS) is 11.8. The van der Waals surface area contributed by atoms with Crippen molar-refractivity contribution in [2.45, 2.75) is 0 Å². The molecular weight excluding hydrogens is 1020 g/mol. The molecule has 0 spiro atoms. The van der Waals surface area contributed by atoms with Gasteiger partial charge in [-0.15, -0.1) is 0 Å². The van der Waals surface area contributed by atoms with Crippen LogP contribution in [0.5, 0.6) is 0 Å². The summed E-state index contributed by atoms with van der Waals surface area (Å²) in [4.78, 5) is 0. The van der Waals surface area contributed by atoms with Gasteiger partial charge in [-0.3, -0.25) is 0 Å². The highest BCUT2D eigenvalue weighted by atomic mass is 16.3. The van der Waals surface area contributed by atoms with Crippen LogP contribution in [0.3, 0.4) is 0 Å². The highest BCUT2D eigenvalue weighted by Crippen LogP contribution is 2.50. The smallest absolute Gasteiger partial charge is 0.143 e. The highest BCUT2D eigenvalue weighted by Gasteiger charge is 2.24. The van der Waals surface area contributed by atoms with Crippen molar-refractivity contribution >= 4 is 86.6 Å². The van der Waals surface area contributed by atoms with Crippen molar-refractivity contribution in [2.75, 3.05) is 0 Å². The maximum Gasteiger partial charge on any atom is 0.143 e. The van der Waals surface area contributed by atoms with Crippen molar-refractivity contribution in [1.82, 2.24) is 0 Å². The van der Waals surface area contributed by atoms with Crippen molar-refractivity contribution in [3.05, 3.63) is 315 Å². The average Bonchev–Trinajstić information content (AvgIpc) is 2.26. The summed E-state index contributed by atoms with van der Waals surface area (Å²) in [6.07, 6.45) is 0. The van der Waals surface area contributed by atoms with E-state index in [0.717, 1.165) is 38.6 Å². The first-order valence-electron chi connectivity index (χ1n) is 29.4. The number of benzene rings is 16. The molecule has 0 amide bonds. The molecular formula is C84H52O. The van der Waals surface area contributed by atoms with Gasteiger partial charge in [0.15, 0.2) is 0 Å². The van der Waals surface area contributed by atoms with E-state index in [4.69, 9.17) is 4.42 Å². The molecule has 17 aromatic rings. The molecule has 0 fully saturated rings. The SMILES string of the molecule is c1ccc(-c2ccccc2-c2c3ccccc3c(-c3cccc(-c4cccc5cccc(-c6cccc(-c7c8ccccc8c(-c8cccc9c8oc8c(-c%10ccc%11ccccc%11c%10)cccc89)c8ccccc78)c6)c45)c3)c3ccccc23)cc1. The fourth-order valence-corrected chi connectivity index (χ4v) is 14.1. The zero-order valence-corrected chi connectivity index (χ0v) is 46.4. The standard InChI is InChI=1S/C84H52O/c1-2-23-54(24-3-1)62-32-6-7-33-66(62)81-71-38-12-8-34-67(71)79(68-35-9-13-39-72(68)81)60-30-16-28-57(51-60)63-42-18-26-55-27-19-43-64(78(55)63)58-29-17-31-61(52-58)80-69-36-10-14-40-73(69)82(74-41-15-11-37-70(74)80)77-47-21-46-76-75-45-20-44-65(83(75)85-84(76)77)59-49-48-53-22-4-5-25-56(53)50-59/h1-52H. The molecule has 1 heterocycles. The number of hydrogen-bond acceptors (Lipinski definition) is 1. The van der Waals surface area contributed by atoms with Crippen LogP contribution in [0.4, 0.5) is 0 Å². The van der Waals surface area contributed by atoms with Gasteiger partial charge in [-0.25, -0.2) is 0 Å². The van der Waals surface area contributed by atoms with E-state index in [9.17, 15) is 0 Å². The molecule has 0 unspecified atom stereocenters.